The smallest absolute Gasteiger partial charge is 0.410 e. The summed E-state index contributed by atoms with van der Waals surface area (Å²) in [5.41, 5.74) is -0.610. The largest absolute Gasteiger partial charge is 0.466 e. The van der Waals surface area contributed by atoms with Crippen molar-refractivity contribution in [1.82, 2.24) is 13.9 Å². The zero-order valence-corrected chi connectivity index (χ0v) is 17.1. The average molecular weight is 394 g/mol. The SMILES string of the molecule is CCOC(=O)C1CCCN(S(=O)(=O)NCCN(C)C(=O)OC(C)(C)C)C1. The summed E-state index contributed by atoms with van der Waals surface area (Å²) in [5.74, 6) is -0.804. The third kappa shape index (κ3) is 7.46. The number of piperidine rings is 1. The lowest BCUT2D eigenvalue weighted by Crippen LogP contribution is -2.49. The van der Waals surface area contributed by atoms with Crippen LogP contribution in [0.1, 0.15) is 40.5 Å². The van der Waals surface area contributed by atoms with Crippen molar-refractivity contribution >= 4 is 22.3 Å². The molecule has 0 saturated carbocycles. The second-order valence-corrected chi connectivity index (χ2v) is 9.01. The summed E-state index contributed by atoms with van der Waals surface area (Å²) in [5, 5.41) is 0. The van der Waals surface area contributed by atoms with Gasteiger partial charge in [0.05, 0.1) is 12.5 Å². The Morgan fingerprint density at radius 3 is 2.54 bits per heavy atom. The Morgan fingerprint density at radius 2 is 1.96 bits per heavy atom. The number of hydrogen-bond acceptors (Lipinski definition) is 6. The van der Waals surface area contributed by atoms with E-state index in [0.29, 0.717) is 19.4 Å². The molecule has 1 saturated heterocycles. The van der Waals surface area contributed by atoms with Crippen LogP contribution in [0.5, 0.6) is 0 Å². The average Bonchev–Trinajstić information content (AvgIpc) is 2.53. The quantitative estimate of drug-likeness (QED) is 0.646. The summed E-state index contributed by atoms with van der Waals surface area (Å²) < 4.78 is 38.8. The maximum atomic E-state index is 12.4. The molecule has 1 atom stereocenters. The van der Waals surface area contributed by atoms with Gasteiger partial charge in [-0.2, -0.15) is 12.7 Å². The molecule has 0 aliphatic carbocycles. The van der Waals surface area contributed by atoms with Crippen molar-refractivity contribution in [3.05, 3.63) is 0 Å². The Balaban J connectivity index is 2.50. The molecular weight excluding hydrogens is 362 g/mol. The molecule has 0 radical (unpaired) electrons. The number of nitrogens with one attached hydrogen (secondary N) is 1. The summed E-state index contributed by atoms with van der Waals surface area (Å²) in [4.78, 5) is 25.0. The molecule has 0 spiro atoms. The molecule has 1 aliphatic heterocycles. The van der Waals surface area contributed by atoms with E-state index >= 15 is 0 Å². The first-order valence-electron chi connectivity index (χ1n) is 8.81. The molecule has 9 nitrogen and oxygen atoms in total. The highest BCUT2D eigenvalue weighted by atomic mass is 32.2. The van der Waals surface area contributed by atoms with Crippen molar-refractivity contribution in [2.75, 3.05) is 39.8 Å². The predicted octanol–water partition coefficient (Wildman–Crippen LogP) is 0.963. The number of nitrogens with zero attached hydrogens (tertiary/aromatic N) is 2. The molecule has 1 amide bonds. The van der Waals surface area contributed by atoms with Gasteiger partial charge in [-0.1, -0.05) is 0 Å². The third-order valence-electron chi connectivity index (χ3n) is 3.78. The Bertz CT molecular complexity index is 587. The van der Waals surface area contributed by atoms with Crippen LogP contribution in [0.15, 0.2) is 0 Å². The topological polar surface area (TPSA) is 105 Å². The Hall–Kier alpha value is -1.39. The first kappa shape index (κ1) is 22.7. The highest BCUT2D eigenvalue weighted by Crippen LogP contribution is 2.19. The molecule has 1 heterocycles. The standard InChI is InChI=1S/C16H31N3O6S/c1-6-24-14(20)13-8-7-10-19(12-13)26(22,23)17-9-11-18(5)15(21)25-16(2,3)4/h13,17H,6-12H2,1-5H3. The summed E-state index contributed by atoms with van der Waals surface area (Å²) >= 11 is 0. The molecule has 1 unspecified atom stereocenters. The van der Waals surface area contributed by atoms with Gasteiger partial charge in [0.1, 0.15) is 5.60 Å². The van der Waals surface area contributed by atoms with Crippen molar-refractivity contribution in [1.29, 1.82) is 0 Å². The van der Waals surface area contributed by atoms with E-state index in [4.69, 9.17) is 9.47 Å². The van der Waals surface area contributed by atoms with Gasteiger partial charge in [0.25, 0.3) is 10.2 Å². The monoisotopic (exact) mass is 393 g/mol. The van der Waals surface area contributed by atoms with Crippen LogP contribution in [0.25, 0.3) is 0 Å². The molecular formula is C16H31N3O6S. The molecule has 0 aromatic rings. The van der Waals surface area contributed by atoms with Gasteiger partial charge < -0.3 is 14.4 Å². The lowest BCUT2D eigenvalue weighted by Gasteiger charge is -2.31. The molecule has 1 N–H and O–H groups in total. The molecule has 0 aromatic carbocycles. The second kappa shape index (κ2) is 9.52. The van der Waals surface area contributed by atoms with E-state index in [1.165, 1.54) is 9.21 Å². The third-order valence-corrected chi connectivity index (χ3v) is 5.36. The summed E-state index contributed by atoms with van der Waals surface area (Å²) in [7, 11) is -2.18. The minimum atomic E-state index is -3.72. The van der Waals surface area contributed by atoms with Crippen LogP contribution in [0.4, 0.5) is 4.79 Å². The number of carbonyl (C=O) groups is 2. The van der Waals surface area contributed by atoms with E-state index < -0.39 is 27.8 Å². The number of hydrogen-bond donors (Lipinski definition) is 1. The van der Waals surface area contributed by atoms with Crippen molar-refractivity contribution < 1.29 is 27.5 Å². The van der Waals surface area contributed by atoms with E-state index in [-0.39, 0.29) is 32.2 Å². The minimum Gasteiger partial charge on any atom is -0.466 e. The molecule has 26 heavy (non-hydrogen) atoms. The van der Waals surface area contributed by atoms with E-state index in [1.807, 2.05) is 0 Å². The number of likely N-dealkylation sites (N-methyl/N-ethyl adjacent to an activating group) is 1. The maximum Gasteiger partial charge on any atom is 0.410 e. The van der Waals surface area contributed by atoms with Crippen LogP contribution in [0, 0.1) is 5.92 Å². The van der Waals surface area contributed by atoms with Gasteiger partial charge in [-0.15, -0.1) is 0 Å². The van der Waals surface area contributed by atoms with Gasteiger partial charge in [-0.25, -0.2) is 9.52 Å². The van der Waals surface area contributed by atoms with Crippen molar-refractivity contribution in [3.8, 4) is 0 Å². The van der Waals surface area contributed by atoms with E-state index in [2.05, 4.69) is 4.72 Å². The van der Waals surface area contributed by atoms with Gasteiger partial charge in [0.2, 0.25) is 0 Å². The Morgan fingerprint density at radius 1 is 1.31 bits per heavy atom. The highest BCUT2D eigenvalue weighted by molar-refractivity contribution is 7.87. The van der Waals surface area contributed by atoms with Crippen molar-refractivity contribution in [3.63, 3.8) is 0 Å². The van der Waals surface area contributed by atoms with Gasteiger partial charge >= 0.3 is 12.1 Å². The Kier molecular flexibility index (Phi) is 8.29. The first-order valence-corrected chi connectivity index (χ1v) is 10.3. The molecule has 0 bridgehead atoms. The molecule has 10 heteroatoms. The number of esters is 1. The number of rotatable bonds is 7. The zero-order valence-electron chi connectivity index (χ0n) is 16.3. The fraction of sp³-hybridized carbons (Fsp3) is 0.875. The van der Waals surface area contributed by atoms with Crippen LogP contribution < -0.4 is 4.72 Å². The van der Waals surface area contributed by atoms with Gasteiger partial charge in [-0.05, 0) is 40.5 Å². The maximum absolute atomic E-state index is 12.4. The van der Waals surface area contributed by atoms with Crippen LogP contribution >= 0.6 is 0 Å². The lowest BCUT2D eigenvalue weighted by atomic mass is 10.0. The fourth-order valence-electron chi connectivity index (χ4n) is 2.48. The molecule has 0 aromatic heterocycles. The lowest BCUT2D eigenvalue weighted by molar-refractivity contribution is -0.149. The number of amides is 1. The molecule has 1 fully saturated rings. The summed E-state index contributed by atoms with van der Waals surface area (Å²) in [6.45, 7) is 7.97. The van der Waals surface area contributed by atoms with Gasteiger partial charge in [0, 0.05) is 33.2 Å². The second-order valence-electron chi connectivity index (χ2n) is 7.25. The van der Waals surface area contributed by atoms with E-state index in [0.717, 1.165) is 0 Å². The molecule has 1 rings (SSSR count). The molecule has 1 aliphatic rings. The van der Waals surface area contributed by atoms with Crippen LogP contribution in [0.3, 0.4) is 0 Å². The van der Waals surface area contributed by atoms with Crippen molar-refractivity contribution in [2.24, 2.45) is 5.92 Å². The highest BCUT2D eigenvalue weighted by Gasteiger charge is 2.33. The van der Waals surface area contributed by atoms with Crippen molar-refractivity contribution in [2.45, 2.75) is 46.1 Å². The summed E-state index contributed by atoms with van der Waals surface area (Å²) in [6, 6.07) is 0. The summed E-state index contributed by atoms with van der Waals surface area (Å²) in [6.07, 6.45) is 0.700. The van der Waals surface area contributed by atoms with Crippen LogP contribution in [-0.4, -0.2) is 75.1 Å². The van der Waals surface area contributed by atoms with E-state index in [9.17, 15) is 18.0 Å². The predicted molar refractivity (Wildman–Crippen MR) is 96.7 cm³/mol. The van der Waals surface area contributed by atoms with Crippen LogP contribution in [-0.2, 0) is 24.5 Å². The van der Waals surface area contributed by atoms with Crippen LogP contribution in [0.2, 0.25) is 0 Å². The first-order chi connectivity index (χ1) is 12.0. The van der Waals surface area contributed by atoms with Gasteiger partial charge in [-0.3, -0.25) is 4.79 Å². The van der Waals surface area contributed by atoms with Gasteiger partial charge in [0.15, 0.2) is 0 Å². The number of carbonyl (C=O) groups excluding carboxylic acids is 2. The van der Waals surface area contributed by atoms with E-state index in [1.54, 1.807) is 34.7 Å². The normalized spacial score (nSPS) is 19.0. The minimum absolute atomic E-state index is 0.0542. The number of ether oxygens (including phenoxy) is 2. The fourth-order valence-corrected chi connectivity index (χ4v) is 3.76. The zero-order chi connectivity index (χ0) is 20.0. The molecule has 152 valence electrons. The Labute approximate surface area is 156 Å².